The number of hydrogen-bond donors (Lipinski definition) is 3. The molecule has 7 atom stereocenters. The van der Waals surface area contributed by atoms with Gasteiger partial charge in [-0.05, 0) is 56.4 Å². The Morgan fingerprint density at radius 2 is 1.87 bits per heavy atom. The Morgan fingerprint density at radius 1 is 1.16 bits per heavy atom. The fourth-order valence-corrected chi connectivity index (χ4v) is 8.48. The third-order valence-electron chi connectivity index (χ3n) is 10.7. The maximum Gasteiger partial charge on any atom is 0.307 e. The van der Waals surface area contributed by atoms with E-state index in [4.69, 9.17) is 4.74 Å². The van der Waals surface area contributed by atoms with Crippen molar-refractivity contribution in [3.05, 3.63) is 23.3 Å². The number of aliphatic carboxylic acids is 2. The number of carbonyl (C=O) groups is 4. The zero-order valence-electron chi connectivity index (χ0n) is 22.3. The van der Waals surface area contributed by atoms with Gasteiger partial charge in [0.05, 0.1) is 32.1 Å². The van der Waals surface area contributed by atoms with Crippen LogP contribution in [0.4, 0.5) is 0 Å². The van der Waals surface area contributed by atoms with Crippen LogP contribution in [0.15, 0.2) is 23.3 Å². The Kier molecular flexibility index (Phi) is 6.93. The molecule has 208 valence electrons. The van der Waals surface area contributed by atoms with Gasteiger partial charge in [0.2, 0.25) is 0 Å². The molecule has 38 heavy (non-hydrogen) atoms. The standard InChI is InChI=1S/C29H39NO8/c1-27-15-20(19(26(35)36)14-25(33)34)23(31)13-17(27)3-4-18-21(27)5-7-28(2)22(18)6-8-29(28,37)24(32)16-30-9-11-38-12-10-30/h5,13,18-20,22,37H,3-4,6-12,14-16H2,1-2H3,(H,33,34)(H,35,36)/t18-,19?,20?,22+,27+,28+,29+/m1/s1. The number of carboxylic acids is 2. The van der Waals surface area contributed by atoms with E-state index in [-0.39, 0.29) is 36.4 Å². The number of morpholine rings is 1. The molecule has 0 spiro atoms. The third kappa shape index (κ3) is 4.18. The van der Waals surface area contributed by atoms with Gasteiger partial charge in [-0.15, -0.1) is 0 Å². The van der Waals surface area contributed by atoms with Crippen molar-refractivity contribution in [2.45, 2.75) is 64.4 Å². The number of ketones is 2. The first-order chi connectivity index (χ1) is 17.9. The number of allylic oxidation sites excluding steroid dienone is 4. The molecule has 0 aromatic carbocycles. The molecule has 0 bridgehead atoms. The van der Waals surface area contributed by atoms with Crippen molar-refractivity contribution in [2.24, 2.45) is 34.5 Å². The predicted molar refractivity (Wildman–Crippen MR) is 136 cm³/mol. The Morgan fingerprint density at radius 3 is 2.53 bits per heavy atom. The fraction of sp³-hybridized carbons (Fsp3) is 0.724. The van der Waals surface area contributed by atoms with Crippen molar-refractivity contribution in [3.8, 4) is 0 Å². The minimum atomic E-state index is -1.41. The van der Waals surface area contributed by atoms with Crippen LogP contribution >= 0.6 is 0 Å². The van der Waals surface area contributed by atoms with E-state index in [0.29, 0.717) is 45.6 Å². The molecule has 0 aromatic rings. The van der Waals surface area contributed by atoms with Gasteiger partial charge in [-0.25, -0.2) is 0 Å². The van der Waals surface area contributed by atoms with Gasteiger partial charge in [0.1, 0.15) is 5.60 Å². The monoisotopic (exact) mass is 529 g/mol. The van der Waals surface area contributed by atoms with E-state index >= 15 is 0 Å². The van der Waals surface area contributed by atoms with Crippen LogP contribution < -0.4 is 0 Å². The van der Waals surface area contributed by atoms with Crippen LogP contribution in [0.25, 0.3) is 0 Å². The summed E-state index contributed by atoms with van der Waals surface area (Å²) in [6.45, 7) is 6.87. The SMILES string of the molecule is C[C@]12CC(C(CC(=O)O)C(=O)O)C(=O)C=C1CC[C@@H]1C2=CC[C@@]2(C)[C@H]1CC[C@]2(O)C(=O)CN1CCOCC1. The highest BCUT2D eigenvalue weighted by Gasteiger charge is 2.64. The number of hydrogen-bond acceptors (Lipinski definition) is 7. The van der Waals surface area contributed by atoms with Crippen LogP contribution in [0.2, 0.25) is 0 Å². The van der Waals surface area contributed by atoms with Gasteiger partial charge in [0.15, 0.2) is 11.6 Å². The van der Waals surface area contributed by atoms with Gasteiger partial charge >= 0.3 is 11.9 Å². The smallest absolute Gasteiger partial charge is 0.307 e. The number of Topliss-reactive ketones (excluding diaryl/α,β-unsaturated/α-hetero) is 1. The quantitative estimate of drug-likeness (QED) is 0.424. The molecule has 4 aliphatic carbocycles. The number of ether oxygens (including phenoxy) is 1. The highest BCUT2D eigenvalue weighted by Crippen LogP contribution is 2.66. The van der Waals surface area contributed by atoms with Gasteiger partial charge in [-0.3, -0.25) is 24.1 Å². The van der Waals surface area contributed by atoms with Crippen molar-refractivity contribution in [1.82, 2.24) is 4.90 Å². The number of nitrogens with zero attached hydrogens (tertiary/aromatic N) is 1. The van der Waals surface area contributed by atoms with Crippen molar-refractivity contribution in [2.75, 3.05) is 32.8 Å². The van der Waals surface area contributed by atoms with E-state index in [1.165, 1.54) is 5.57 Å². The van der Waals surface area contributed by atoms with Crippen molar-refractivity contribution < 1.29 is 39.2 Å². The summed E-state index contributed by atoms with van der Waals surface area (Å²) in [7, 11) is 0. The summed E-state index contributed by atoms with van der Waals surface area (Å²) in [4.78, 5) is 52.0. The fourth-order valence-electron chi connectivity index (χ4n) is 8.48. The second-order valence-corrected chi connectivity index (χ2v) is 12.5. The second-order valence-electron chi connectivity index (χ2n) is 12.5. The first-order valence-electron chi connectivity index (χ1n) is 13.9. The van der Waals surface area contributed by atoms with Gasteiger partial charge in [0, 0.05) is 29.8 Å². The molecule has 0 radical (unpaired) electrons. The molecule has 3 N–H and O–H groups in total. The lowest BCUT2D eigenvalue weighted by Crippen LogP contribution is -2.57. The molecule has 1 heterocycles. The van der Waals surface area contributed by atoms with Crippen LogP contribution in [0.1, 0.15) is 58.8 Å². The number of carboxylic acid groups (broad SMARTS) is 2. The number of fused-ring (bicyclic) bond motifs is 5. The average molecular weight is 530 g/mol. The molecule has 1 saturated heterocycles. The van der Waals surface area contributed by atoms with Crippen molar-refractivity contribution in [3.63, 3.8) is 0 Å². The van der Waals surface area contributed by atoms with Crippen LogP contribution in [0.5, 0.6) is 0 Å². The third-order valence-corrected chi connectivity index (χ3v) is 10.7. The van der Waals surface area contributed by atoms with E-state index < -0.39 is 46.6 Å². The molecule has 0 amide bonds. The lowest BCUT2D eigenvalue weighted by atomic mass is 9.49. The summed E-state index contributed by atoms with van der Waals surface area (Å²) >= 11 is 0. The molecule has 2 unspecified atom stereocenters. The highest BCUT2D eigenvalue weighted by molar-refractivity contribution is 5.97. The van der Waals surface area contributed by atoms with Crippen molar-refractivity contribution in [1.29, 1.82) is 0 Å². The normalized spacial score (nSPS) is 39.8. The Hall–Kier alpha value is -2.36. The summed E-state index contributed by atoms with van der Waals surface area (Å²) < 4.78 is 5.40. The van der Waals surface area contributed by atoms with E-state index in [2.05, 4.69) is 17.9 Å². The Bertz CT molecular complexity index is 1110. The minimum absolute atomic E-state index is 0.102. The summed E-state index contributed by atoms with van der Waals surface area (Å²) in [6.07, 6.45) is 6.61. The van der Waals surface area contributed by atoms with Crippen LogP contribution in [-0.4, -0.2) is 82.2 Å². The molecule has 3 fully saturated rings. The average Bonchev–Trinajstić information content (AvgIpc) is 3.15. The zero-order valence-corrected chi connectivity index (χ0v) is 22.3. The highest BCUT2D eigenvalue weighted by atomic mass is 16.5. The summed E-state index contributed by atoms with van der Waals surface area (Å²) in [5, 5.41) is 31.0. The molecule has 0 aromatic heterocycles. The lowest BCUT2D eigenvalue weighted by molar-refractivity contribution is -0.155. The molecule has 1 aliphatic heterocycles. The molecule has 5 rings (SSSR count). The molecule has 2 saturated carbocycles. The van der Waals surface area contributed by atoms with Crippen LogP contribution in [-0.2, 0) is 23.9 Å². The van der Waals surface area contributed by atoms with E-state index in [0.717, 1.165) is 18.4 Å². The van der Waals surface area contributed by atoms with Crippen LogP contribution in [0.3, 0.4) is 0 Å². The Balaban J connectivity index is 1.43. The second kappa shape index (κ2) is 9.68. The van der Waals surface area contributed by atoms with E-state index in [9.17, 15) is 34.5 Å². The molecular weight excluding hydrogens is 490 g/mol. The first-order valence-corrected chi connectivity index (χ1v) is 13.9. The maximum atomic E-state index is 13.5. The zero-order chi connectivity index (χ0) is 27.5. The summed E-state index contributed by atoms with van der Waals surface area (Å²) in [6, 6.07) is 0. The topological polar surface area (TPSA) is 141 Å². The predicted octanol–water partition coefficient (Wildman–Crippen LogP) is 2.47. The number of carbonyl (C=O) groups excluding carboxylic acids is 2. The Labute approximate surface area is 222 Å². The maximum absolute atomic E-state index is 13.5. The molecular formula is C29H39NO8. The van der Waals surface area contributed by atoms with E-state index in [1.54, 1.807) is 6.08 Å². The molecule has 5 aliphatic rings. The number of rotatable bonds is 7. The van der Waals surface area contributed by atoms with Gasteiger partial charge in [-0.2, -0.15) is 0 Å². The van der Waals surface area contributed by atoms with Crippen molar-refractivity contribution >= 4 is 23.5 Å². The summed E-state index contributed by atoms with van der Waals surface area (Å²) in [5.41, 5.74) is -0.386. The van der Waals surface area contributed by atoms with Gasteiger partial charge in [-0.1, -0.05) is 31.1 Å². The molecule has 9 heteroatoms. The number of aliphatic hydroxyl groups is 1. The van der Waals surface area contributed by atoms with E-state index in [1.807, 2.05) is 6.92 Å². The van der Waals surface area contributed by atoms with Gasteiger partial charge in [0.25, 0.3) is 0 Å². The summed E-state index contributed by atoms with van der Waals surface area (Å²) in [5.74, 6) is -4.86. The first kappa shape index (κ1) is 27.2. The largest absolute Gasteiger partial charge is 0.481 e. The van der Waals surface area contributed by atoms with Crippen LogP contribution in [0, 0.1) is 34.5 Å². The lowest BCUT2D eigenvalue weighted by Gasteiger charge is -2.55. The van der Waals surface area contributed by atoms with Gasteiger partial charge < -0.3 is 20.1 Å². The minimum Gasteiger partial charge on any atom is -0.481 e. The molecule has 9 nitrogen and oxygen atoms in total.